The molecule has 0 atom stereocenters. The van der Waals surface area contributed by atoms with E-state index in [0.717, 1.165) is 18.2 Å². The number of nitrogens with one attached hydrogen (secondary N) is 2. The number of hydrogen-bond acceptors (Lipinski definition) is 5. The molecule has 0 heterocycles. The third-order valence-electron chi connectivity index (χ3n) is 2.22. The molecule has 10 heteroatoms. The number of carbonyl (C=O) groups is 1. The van der Waals surface area contributed by atoms with E-state index in [1.54, 1.807) is 0 Å². The zero-order valence-electron chi connectivity index (χ0n) is 10.4. The molecule has 0 fully saturated rings. The highest BCUT2D eigenvalue weighted by atomic mass is 35.5. The van der Waals surface area contributed by atoms with Gasteiger partial charge in [0, 0.05) is 26.1 Å². The lowest BCUT2D eigenvalue weighted by Crippen LogP contribution is -2.33. The predicted octanol–water partition coefficient (Wildman–Crippen LogP) is 0.663. The van der Waals surface area contributed by atoms with Crippen molar-refractivity contribution < 1.29 is 18.1 Å². The van der Waals surface area contributed by atoms with Gasteiger partial charge in [0.2, 0.25) is 15.9 Å². The number of sulfonamides is 1. The minimum atomic E-state index is -3.90. The summed E-state index contributed by atoms with van der Waals surface area (Å²) < 4.78 is 26.0. The lowest BCUT2D eigenvalue weighted by molar-refractivity contribution is -0.384. The van der Waals surface area contributed by atoms with E-state index >= 15 is 0 Å². The maximum atomic E-state index is 11.9. The molecule has 1 aromatic carbocycles. The molecule has 1 aromatic rings. The number of nitro groups is 1. The summed E-state index contributed by atoms with van der Waals surface area (Å²) in [5, 5.41) is 13.0. The van der Waals surface area contributed by atoms with Crippen molar-refractivity contribution in [1.29, 1.82) is 0 Å². The van der Waals surface area contributed by atoms with Crippen molar-refractivity contribution in [2.75, 3.05) is 13.1 Å². The van der Waals surface area contributed by atoms with E-state index in [9.17, 15) is 23.3 Å². The van der Waals surface area contributed by atoms with Crippen molar-refractivity contribution in [3.05, 3.63) is 33.3 Å². The first kappa shape index (κ1) is 16.3. The van der Waals surface area contributed by atoms with E-state index < -0.39 is 20.6 Å². The maximum absolute atomic E-state index is 11.9. The number of rotatable bonds is 6. The number of amides is 1. The van der Waals surface area contributed by atoms with E-state index in [4.69, 9.17) is 11.6 Å². The lowest BCUT2D eigenvalue weighted by atomic mass is 10.3. The van der Waals surface area contributed by atoms with Gasteiger partial charge in [-0.3, -0.25) is 14.9 Å². The Labute approximate surface area is 120 Å². The Balaban J connectivity index is 2.85. The fourth-order valence-electron chi connectivity index (χ4n) is 1.31. The molecule has 1 rings (SSSR count). The topological polar surface area (TPSA) is 118 Å². The Bertz CT molecular complexity index is 632. The summed E-state index contributed by atoms with van der Waals surface area (Å²) in [5.41, 5.74) is -0.489. The summed E-state index contributed by atoms with van der Waals surface area (Å²) >= 11 is 5.60. The van der Waals surface area contributed by atoms with Crippen molar-refractivity contribution >= 4 is 33.2 Å². The van der Waals surface area contributed by atoms with Crippen LogP contribution in [0.25, 0.3) is 0 Å². The molecule has 0 aliphatic rings. The van der Waals surface area contributed by atoms with Crippen LogP contribution in [0.2, 0.25) is 5.02 Å². The summed E-state index contributed by atoms with van der Waals surface area (Å²) in [6.45, 7) is 1.39. The molecular formula is C10H12ClN3O5S. The van der Waals surface area contributed by atoms with Crippen LogP contribution in [0, 0.1) is 10.1 Å². The monoisotopic (exact) mass is 321 g/mol. The number of nitrogens with zero attached hydrogens (tertiary/aromatic N) is 1. The van der Waals surface area contributed by atoms with Gasteiger partial charge < -0.3 is 5.32 Å². The maximum Gasteiger partial charge on any atom is 0.289 e. The molecule has 20 heavy (non-hydrogen) atoms. The second-order valence-electron chi connectivity index (χ2n) is 3.75. The molecule has 0 aliphatic heterocycles. The van der Waals surface area contributed by atoms with Crippen LogP contribution in [0.15, 0.2) is 23.1 Å². The fraction of sp³-hybridized carbons (Fsp3) is 0.300. The number of carbonyl (C=O) groups excluding carboxylic acids is 1. The smallest absolute Gasteiger partial charge is 0.289 e. The fourth-order valence-corrected chi connectivity index (χ4v) is 2.54. The Morgan fingerprint density at radius 2 is 2.05 bits per heavy atom. The zero-order valence-corrected chi connectivity index (χ0v) is 12.0. The van der Waals surface area contributed by atoms with Gasteiger partial charge in [0.05, 0.1) is 9.82 Å². The molecule has 0 aromatic heterocycles. The summed E-state index contributed by atoms with van der Waals surface area (Å²) in [6.07, 6.45) is 0. The second-order valence-corrected chi connectivity index (χ2v) is 5.93. The van der Waals surface area contributed by atoms with Gasteiger partial charge in [0.15, 0.2) is 0 Å². The highest BCUT2D eigenvalue weighted by Gasteiger charge is 2.20. The Morgan fingerprint density at radius 3 is 2.60 bits per heavy atom. The van der Waals surface area contributed by atoms with Crippen LogP contribution < -0.4 is 10.0 Å². The van der Waals surface area contributed by atoms with Crippen molar-refractivity contribution in [1.82, 2.24) is 10.0 Å². The van der Waals surface area contributed by atoms with Crippen LogP contribution in [0.3, 0.4) is 0 Å². The first-order valence-corrected chi connectivity index (χ1v) is 7.28. The number of hydrogen-bond donors (Lipinski definition) is 2. The SMILES string of the molecule is CC(=O)NCCNS(=O)(=O)c1ccc(Cl)c([N+](=O)[O-])c1. The van der Waals surface area contributed by atoms with Gasteiger partial charge in [-0.2, -0.15) is 0 Å². The average Bonchev–Trinajstić information content (AvgIpc) is 2.34. The van der Waals surface area contributed by atoms with Crippen molar-refractivity contribution in [2.24, 2.45) is 0 Å². The molecule has 1 amide bonds. The summed E-state index contributed by atoms with van der Waals surface area (Å²) in [7, 11) is -3.90. The van der Waals surface area contributed by atoms with Crippen molar-refractivity contribution in [3.63, 3.8) is 0 Å². The lowest BCUT2D eigenvalue weighted by Gasteiger charge is -2.07. The largest absolute Gasteiger partial charge is 0.355 e. The third-order valence-corrected chi connectivity index (χ3v) is 3.99. The number of benzene rings is 1. The van der Waals surface area contributed by atoms with E-state index in [1.165, 1.54) is 6.92 Å². The van der Waals surface area contributed by atoms with Crippen LogP contribution in [0.1, 0.15) is 6.92 Å². The van der Waals surface area contributed by atoms with Gasteiger partial charge in [-0.25, -0.2) is 13.1 Å². The molecule has 0 saturated carbocycles. The minimum absolute atomic E-state index is 0.0294. The standard InChI is InChI=1S/C10H12ClN3O5S/c1-7(15)12-4-5-13-20(18,19)8-2-3-9(11)10(6-8)14(16)17/h2-3,6,13H,4-5H2,1H3,(H,12,15). The third kappa shape index (κ3) is 4.44. The summed E-state index contributed by atoms with van der Waals surface area (Å²) in [4.78, 5) is 20.3. The van der Waals surface area contributed by atoms with Gasteiger partial charge in [0.25, 0.3) is 5.69 Å². The molecule has 2 N–H and O–H groups in total. The van der Waals surface area contributed by atoms with Crippen LogP contribution in [0.5, 0.6) is 0 Å². The van der Waals surface area contributed by atoms with Gasteiger partial charge in [0.1, 0.15) is 5.02 Å². The predicted molar refractivity (Wildman–Crippen MR) is 72.0 cm³/mol. The second kappa shape index (κ2) is 6.64. The molecule has 0 unspecified atom stereocenters. The molecule has 8 nitrogen and oxygen atoms in total. The first-order valence-electron chi connectivity index (χ1n) is 5.42. The first-order chi connectivity index (χ1) is 9.24. The van der Waals surface area contributed by atoms with Gasteiger partial charge in [-0.1, -0.05) is 11.6 Å². The Hall–Kier alpha value is -1.71. The molecule has 0 saturated heterocycles. The zero-order chi connectivity index (χ0) is 15.3. The van der Waals surface area contributed by atoms with Crippen molar-refractivity contribution in [3.8, 4) is 0 Å². The Morgan fingerprint density at radius 1 is 1.40 bits per heavy atom. The van der Waals surface area contributed by atoms with Gasteiger partial charge in [-0.15, -0.1) is 0 Å². The van der Waals surface area contributed by atoms with E-state index in [2.05, 4.69) is 10.0 Å². The highest BCUT2D eigenvalue weighted by molar-refractivity contribution is 7.89. The quantitative estimate of drug-likeness (QED) is 0.453. The minimum Gasteiger partial charge on any atom is -0.355 e. The Kier molecular flexibility index (Phi) is 5.43. The van der Waals surface area contributed by atoms with Crippen molar-refractivity contribution in [2.45, 2.75) is 11.8 Å². The van der Waals surface area contributed by atoms with E-state index in [0.29, 0.717) is 0 Å². The van der Waals surface area contributed by atoms with E-state index in [1.807, 2.05) is 0 Å². The molecule has 0 bridgehead atoms. The normalized spacial score (nSPS) is 11.1. The van der Waals surface area contributed by atoms with Crippen LogP contribution >= 0.6 is 11.6 Å². The molecule has 110 valence electrons. The van der Waals surface area contributed by atoms with Crippen LogP contribution in [-0.4, -0.2) is 32.3 Å². The number of nitro benzene ring substituents is 1. The molecule has 0 radical (unpaired) electrons. The molecule has 0 spiro atoms. The van der Waals surface area contributed by atoms with Gasteiger partial charge in [-0.05, 0) is 12.1 Å². The summed E-state index contributed by atoms with van der Waals surface area (Å²) in [6, 6.07) is 3.18. The van der Waals surface area contributed by atoms with Crippen LogP contribution in [0.4, 0.5) is 5.69 Å². The highest BCUT2D eigenvalue weighted by Crippen LogP contribution is 2.26. The average molecular weight is 322 g/mol. The number of halogens is 1. The van der Waals surface area contributed by atoms with Crippen LogP contribution in [-0.2, 0) is 14.8 Å². The summed E-state index contributed by atoms with van der Waals surface area (Å²) in [5.74, 6) is -0.286. The van der Waals surface area contributed by atoms with E-state index in [-0.39, 0.29) is 28.9 Å². The molecular weight excluding hydrogens is 310 g/mol. The van der Waals surface area contributed by atoms with Gasteiger partial charge >= 0.3 is 0 Å². The molecule has 0 aliphatic carbocycles.